The molecule has 0 aliphatic carbocycles. The molecule has 3 unspecified atom stereocenters. The van der Waals surface area contributed by atoms with E-state index >= 15 is 0 Å². The van der Waals surface area contributed by atoms with Gasteiger partial charge in [0.25, 0.3) is 0 Å². The van der Waals surface area contributed by atoms with Crippen LogP contribution in [-0.4, -0.2) is 33.6 Å². The minimum Gasteiger partial charge on any atom is -0.507 e. The Balaban J connectivity index is 1.90. The molecular formula is C32H55NO4S. The Kier molecular flexibility index (Phi) is 13.3. The number of carboxylic acid groups (broad SMARTS) is 1. The van der Waals surface area contributed by atoms with Crippen LogP contribution in [0.4, 0.5) is 0 Å². The van der Waals surface area contributed by atoms with Gasteiger partial charge in [0, 0.05) is 23.4 Å². The number of fused-ring (bicyclic) bond motifs is 1. The fraction of sp³-hybridized carbons (Fsp3) is 0.781. The molecule has 0 aromatic heterocycles. The highest BCUT2D eigenvalue weighted by Crippen LogP contribution is 2.45. The SMILES string of the molecule is Cc1c(C)c2c(c(CN[C@@H](CS)C(=O)O)c1O)CCC(C)(CCCC(C)CCCC(C)CCCC(C)C)O2. The van der Waals surface area contributed by atoms with Gasteiger partial charge in [0.05, 0.1) is 0 Å². The number of aromatic hydroxyl groups is 1. The van der Waals surface area contributed by atoms with Crippen LogP contribution in [0.5, 0.6) is 11.5 Å². The third-order valence-corrected chi connectivity index (χ3v) is 9.08. The minimum absolute atomic E-state index is 0.188. The van der Waals surface area contributed by atoms with Crippen molar-refractivity contribution in [2.75, 3.05) is 5.75 Å². The molecule has 218 valence electrons. The van der Waals surface area contributed by atoms with Crippen molar-refractivity contribution >= 4 is 18.6 Å². The number of carbonyl (C=O) groups is 1. The highest BCUT2D eigenvalue weighted by atomic mass is 32.1. The van der Waals surface area contributed by atoms with Crippen molar-refractivity contribution in [3.05, 3.63) is 22.3 Å². The molecule has 0 amide bonds. The Labute approximate surface area is 237 Å². The zero-order chi connectivity index (χ0) is 28.5. The van der Waals surface area contributed by atoms with E-state index in [0.717, 1.165) is 71.4 Å². The maximum atomic E-state index is 11.4. The fourth-order valence-electron chi connectivity index (χ4n) is 5.79. The van der Waals surface area contributed by atoms with Crippen molar-refractivity contribution in [3.8, 4) is 11.5 Å². The van der Waals surface area contributed by atoms with Crippen molar-refractivity contribution in [1.82, 2.24) is 5.32 Å². The van der Waals surface area contributed by atoms with Crippen LogP contribution in [0.3, 0.4) is 0 Å². The number of rotatable bonds is 17. The van der Waals surface area contributed by atoms with Gasteiger partial charge in [-0.2, -0.15) is 12.6 Å². The Hall–Kier alpha value is -1.40. The maximum absolute atomic E-state index is 11.4. The lowest BCUT2D eigenvalue weighted by Crippen LogP contribution is -2.39. The molecule has 0 fully saturated rings. The van der Waals surface area contributed by atoms with E-state index in [-0.39, 0.29) is 23.6 Å². The summed E-state index contributed by atoms with van der Waals surface area (Å²) in [6.07, 6.45) is 13.2. The van der Waals surface area contributed by atoms with Crippen molar-refractivity contribution in [3.63, 3.8) is 0 Å². The molecule has 0 spiro atoms. The zero-order valence-corrected chi connectivity index (χ0v) is 26.1. The average Bonchev–Trinajstić information content (AvgIpc) is 2.84. The molecule has 5 nitrogen and oxygen atoms in total. The smallest absolute Gasteiger partial charge is 0.321 e. The van der Waals surface area contributed by atoms with Gasteiger partial charge in [-0.15, -0.1) is 0 Å². The number of nitrogens with one attached hydrogen (secondary N) is 1. The number of ether oxygens (including phenoxy) is 1. The first-order chi connectivity index (χ1) is 17.9. The summed E-state index contributed by atoms with van der Waals surface area (Å²) in [4.78, 5) is 11.4. The van der Waals surface area contributed by atoms with E-state index in [9.17, 15) is 15.0 Å². The summed E-state index contributed by atoms with van der Waals surface area (Å²) in [5.74, 6) is 2.77. The van der Waals surface area contributed by atoms with Gasteiger partial charge in [0.15, 0.2) is 0 Å². The molecule has 0 saturated carbocycles. The first-order valence-corrected chi connectivity index (χ1v) is 15.6. The topological polar surface area (TPSA) is 78.8 Å². The second kappa shape index (κ2) is 15.4. The number of phenols is 1. The quantitative estimate of drug-likeness (QED) is 0.148. The van der Waals surface area contributed by atoms with Crippen molar-refractivity contribution in [2.24, 2.45) is 17.8 Å². The number of thiol groups is 1. The Bertz CT molecular complexity index is 902. The molecule has 1 heterocycles. The summed E-state index contributed by atoms with van der Waals surface area (Å²) < 4.78 is 6.69. The molecule has 0 radical (unpaired) electrons. The summed E-state index contributed by atoms with van der Waals surface area (Å²) >= 11 is 4.15. The third-order valence-electron chi connectivity index (χ3n) is 8.72. The van der Waals surface area contributed by atoms with Crippen molar-refractivity contribution in [2.45, 2.75) is 137 Å². The first-order valence-electron chi connectivity index (χ1n) is 15.0. The number of hydrogen-bond acceptors (Lipinski definition) is 5. The largest absolute Gasteiger partial charge is 0.507 e. The normalized spacial score (nSPS) is 19.6. The van der Waals surface area contributed by atoms with E-state index in [2.05, 4.69) is 52.6 Å². The van der Waals surface area contributed by atoms with Crippen LogP contribution in [0.25, 0.3) is 0 Å². The van der Waals surface area contributed by atoms with Gasteiger partial charge in [-0.05, 0) is 75.3 Å². The van der Waals surface area contributed by atoms with Gasteiger partial charge < -0.3 is 14.9 Å². The highest BCUT2D eigenvalue weighted by Gasteiger charge is 2.35. The molecule has 0 bridgehead atoms. The summed E-state index contributed by atoms with van der Waals surface area (Å²) in [5, 5.41) is 23.3. The molecule has 1 aliphatic rings. The maximum Gasteiger partial charge on any atom is 0.321 e. The van der Waals surface area contributed by atoms with Gasteiger partial charge in [0.2, 0.25) is 0 Å². The third kappa shape index (κ3) is 9.66. The molecule has 1 aliphatic heterocycles. The molecule has 6 heteroatoms. The van der Waals surface area contributed by atoms with E-state index in [1.54, 1.807) is 0 Å². The van der Waals surface area contributed by atoms with Gasteiger partial charge in [-0.3, -0.25) is 10.1 Å². The van der Waals surface area contributed by atoms with Gasteiger partial charge in [-0.25, -0.2) is 0 Å². The summed E-state index contributed by atoms with van der Waals surface area (Å²) in [6.45, 7) is 15.9. The lowest BCUT2D eigenvalue weighted by molar-refractivity contribution is -0.138. The number of carboxylic acids is 1. The summed E-state index contributed by atoms with van der Waals surface area (Å²) in [6, 6.07) is -0.764. The predicted octanol–water partition coefficient (Wildman–Crippen LogP) is 8.00. The highest BCUT2D eigenvalue weighted by molar-refractivity contribution is 7.80. The second-order valence-corrected chi connectivity index (χ2v) is 13.1. The number of hydrogen-bond donors (Lipinski definition) is 4. The Morgan fingerprint density at radius 1 is 1.00 bits per heavy atom. The Morgan fingerprint density at radius 3 is 2.13 bits per heavy atom. The number of phenolic OH excluding ortho intramolecular Hbond substituents is 1. The average molecular weight is 550 g/mol. The van der Waals surface area contributed by atoms with Crippen LogP contribution >= 0.6 is 12.6 Å². The second-order valence-electron chi connectivity index (χ2n) is 12.7. The van der Waals surface area contributed by atoms with Crippen LogP contribution in [0.1, 0.15) is 121 Å². The van der Waals surface area contributed by atoms with E-state index in [4.69, 9.17) is 4.74 Å². The lowest BCUT2D eigenvalue weighted by atomic mass is 9.83. The van der Waals surface area contributed by atoms with Crippen LogP contribution in [0, 0.1) is 31.6 Å². The monoisotopic (exact) mass is 549 g/mol. The molecule has 38 heavy (non-hydrogen) atoms. The Morgan fingerprint density at radius 2 is 1.58 bits per heavy atom. The molecule has 4 atom stereocenters. The molecule has 0 saturated heterocycles. The van der Waals surface area contributed by atoms with Gasteiger partial charge in [0.1, 0.15) is 23.1 Å². The van der Waals surface area contributed by atoms with Crippen LogP contribution in [0.15, 0.2) is 0 Å². The van der Waals surface area contributed by atoms with Crippen molar-refractivity contribution in [1.29, 1.82) is 0 Å². The van der Waals surface area contributed by atoms with E-state index in [1.807, 2.05) is 13.8 Å². The zero-order valence-electron chi connectivity index (χ0n) is 25.2. The van der Waals surface area contributed by atoms with E-state index in [0.29, 0.717) is 0 Å². The summed E-state index contributed by atoms with van der Waals surface area (Å²) in [5.41, 5.74) is 3.33. The van der Waals surface area contributed by atoms with Crippen LogP contribution in [0.2, 0.25) is 0 Å². The predicted molar refractivity (Wildman–Crippen MR) is 162 cm³/mol. The lowest BCUT2D eigenvalue weighted by Gasteiger charge is -2.38. The molecule has 1 aromatic rings. The number of aliphatic carboxylic acids is 1. The molecule has 3 N–H and O–H groups in total. The van der Waals surface area contributed by atoms with Crippen molar-refractivity contribution < 1.29 is 19.7 Å². The molecule has 1 aromatic carbocycles. The number of benzene rings is 1. The van der Waals surface area contributed by atoms with Gasteiger partial charge >= 0.3 is 5.97 Å². The molecule has 2 rings (SSSR count). The van der Waals surface area contributed by atoms with E-state index < -0.39 is 12.0 Å². The van der Waals surface area contributed by atoms with E-state index in [1.165, 1.54) is 44.9 Å². The standard InChI is InChI=1S/C32H55NO4S/c1-21(2)11-8-12-22(3)13-9-14-23(4)15-10-17-32(7)18-16-26-27(19-33-28(20-38)31(35)36)29(34)24(5)25(6)30(26)37-32/h21-23,28,33-34,38H,8-20H2,1-7H3,(H,35,36)/t22?,23?,28-,32?/m0/s1. The minimum atomic E-state index is -0.939. The summed E-state index contributed by atoms with van der Waals surface area (Å²) in [7, 11) is 0. The van der Waals surface area contributed by atoms with Gasteiger partial charge in [-0.1, -0.05) is 72.6 Å². The van der Waals surface area contributed by atoms with Crippen LogP contribution < -0.4 is 10.1 Å². The molecular weight excluding hydrogens is 494 g/mol. The van der Waals surface area contributed by atoms with Crippen LogP contribution in [-0.2, 0) is 17.8 Å². The fourth-order valence-corrected chi connectivity index (χ4v) is 6.08. The first kappa shape index (κ1) is 32.8.